The van der Waals surface area contributed by atoms with Gasteiger partial charge in [-0.05, 0) is 31.0 Å². The van der Waals surface area contributed by atoms with Crippen molar-refractivity contribution < 1.29 is 4.79 Å². The van der Waals surface area contributed by atoms with Crippen LogP contribution in [0, 0.1) is 0 Å². The molecule has 0 atom stereocenters. The van der Waals surface area contributed by atoms with Crippen LogP contribution in [0.3, 0.4) is 0 Å². The van der Waals surface area contributed by atoms with E-state index in [0.29, 0.717) is 24.8 Å². The fraction of sp³-hybridized carbons (Fsp3) is 0.368. The summed E-state index contributed by atoms with van der Waals surface area (Å²) in [6.45, 7) is 2.00. The second-order valence-corrected chi connectivity index (χ2v) is 7.57. The molecule has 6 nitrogen and oxygen atoms in total. The lowest BCUT2D eigenvalue weighted by atomic mass is 10.2. The molecular weight excluding hydrogens is 350 g/mol. The number of aryl methyl sites for hydroxylation is 1. The molecule has 7 heteroatoms. The van der Waals surface area contributed by atoms with Gasteiger partial charge >= 0.3 is 6.03 Å². The summed E-state index contributed by atoms with van der Waals surface area (Å²) in [5.74, 6) is 1.24. The molecule has 0 unspecified atom stereocenters. The topological polar surface area (TPSA) is 55.1 Å². The quantitative estimate of drug-likeness (QED) is 0.743. The molecule has 2 amide bonds. The summed E-state index contributed by atoms with van der Waals surface area (Å²) >= 11 is 6.31. The van der Waals surface area contributed by atoms with Gasteiger partial charge < -0.3 is 9.47 Å². The second-order valence-electron chi connectivity index (χ2n) is 7.16. The number of nitrogens with zero attached hydrogens (tertiary/aromatic N) is 4. The minimum atomic E-state index is -0.104. The summed E-state index contributed by atoms with van der Waals surface area (Å²) in [5, 5.41) is 9.18. The molecule has 0 radical (unpaired) electrons. The molecule has 2 aromatic heterocycles. The second kappa shape index (κ2) is 5.77. The Bertz CT molecular complexity index is 1020. The normalized spacial score (nSPS) is 16.8. The van der Waals surface area contributed by atoms with E-state index in [0.717, 1.165) is 28.2 Å². The number of anilines is 1. The maximum atomic E-state index is 12.7. The molecule has 1 N–H and O–H groups in total. The average Bonchev–Trinajstić information content (AvgIpc) is 3.30. The molecule has 0 saturated heterocycles. The SMILES string of the molecule is Cn1nc(NC(=O)N2CCn3c(cc4c(Cl)cccc43)C2)cc1C1CC1. The Morgan fingerprint density at radius 3 is 2.92 bits per heavy atom. The van der Waals surface area contributed by atoms with Crippen molar-refractivity contribution in [2.75, 3.05) is 11.9 Å². The summed E-state index contributed by atoms with van der Waals surface area (Å²) in [5.41, 5.74) is 3.44. The van der Waals surface area contributed by atoms with E-state index in [4.69, 9.17) is 11.6 Å². The third-order valence-electron chi connectivity index (χ3n) is 5.36. The Balaban J connectivity index is 1.35. The molecule has 1 fully saturated rings. The molecule has 5 rings (SSSR count). The van der Waals surface area contributed by atoms with Gasteiger partial charge in [-0.25, -0.2) is 4.79 Å². The van der Waals surface area contributed by atoms with Crippen LogP contribution in [0.15, 0.2) is 30.3 Å². The smallest absolute Gasteiger partial charge is 0.323 e. The Morgan fingerprint density at radius 1 is 1.27 bits per heavy atom. The molecule has 3 aromatic rings. The zero-order valence-corrected chi connectivity index (χ0v) is 15.3. The Morgan fingerprint density at radius 2 is 2.12 bits per heavy atom. The van der Waals surface area contributed by atoms with Crippen LogP contribution in [-0.2, 0) is 20.1 Å². The predicted molar refractivity (Wildman–Crippen MR) is 102 cm³/mol. The Labute approximate surface area is 156 Å². The number of hydrogen-bond acceptors (Lipinski definition) is 2. The zero-order valence-electron chi connectivity index (χ0n) is 14.6. The molecular formula is C19H20ClN5O. The van der Waals surface area contributed by atoms with Crippen LogP contribution in [0.4, 0.5) is 10.6 Å². The third kappa shape index (κ3) is 2.56. The van der Waals surface area contributed by atoms with E-state index in [1.807, 2.05) is 34.8 Å². The van der Waals surface area contributed by atoms with E-state index in [2.05, 4.69) is 27.1 Å². The van der Waals surface area contributed by atoms with Crippen LogP contribution < -0.4 is 5.32 Å². The van der Waals surface area contributed by atoms with Crippen molar-refractivity contribution >= 4 is 34.4 Å². The Kier molecular flexibility index (Phi) is 3.50. The molecule has 1 aliphatic carbocycles. The average molecular weight is 370 g/mol. The number of halogens is 1. The fourth-order valence-corrected chi connectivity index (χ4v) is 4.08. The van der Waals surface area contributed by atoms with Gasteiger partial charge in [-0.1, -0.05) is 17.7 Å². The Hall–Kier alpha value is -2.47. The van der Waals surface area contributed by atoms with Crippen LogP contribution in [0.25, 0.3) is 10.9 Å². The number of aromatic nitrogens is 3. The maximum Gasteiger partial charge on any atom is 0.323 e. The van der Waals surface area contributed by atoms with Gasteiger partial charge in [-0.3, -0.25) is 10.00 Å². The summed E-state index contributed by atoms with van der Waals surface area (Å²) in [4.78, 5) is 14.5. The minimum absolute atomic E-state index is 0.104. The molecule has 1 aliphatic heterocycles. The highest BCUT2D eigenvalue weighted by Gasteiger charge is 2.28. The van der Waals surface area contributed by atoms with Crippen molar-refractivity contribution in [3.63, 3.8) is 0 Å². The van der Waals surface area contributed by atoms with E-state index in [1.165, 1.54) is 18.5 Å². The van der Waals surface area contributed by atoms with Gasteiger partial charge in [0.1, 0.15) is 0 Å². The maximum absolute atomic E-state index is 12.7. The van der Waals surface area contributed by atoms with E-state index in [-0.39, 0.29) is 6.03 Å². The van der Waals surface area contributed by atoms with Crippen LogP contribution in [0.1, 0.15) is 30.1 Å². The molecule has 134 valence electrons. The first-order valence-corrected chi connectivity index (χ1v) is 9.34. The van der Waals surface area contributed by atoms with Gasteiger partial charge in [0.15, 0.2) is 5.82 Å². The first kappa shape index (κ1) is 15.8. The summed E-state index contributed by atoms with van der Waals surface area (Å²) < 4.78 is 4.13. The van der Waals surface area contributed by atoms with Gasteiger partial charge in [0, 0.05) is 59.4 Å². The molecule has 0 bridgehead atoms. The lowest BCUT2D eigenvalue weighted by molar-refractivity contribution is 0.198. The van der Waals surface area contributed by atoms with Crippen molar-refractivity contribution in [3.05, 3.63) is 46.7 Å². The zero-order chi connectivity index (χ0) is 17.8. The monoisotopic (exact) mass is 369 g/mol. The van der Waals surface area contributed by atoms with Gasteiger partial charge in [0.05, 0.1) is 6.54 Å². The number of urea groups is 1. The van der Waals surface area contributed by atoms with E-state index < -0.39 is 0 Å². The van der Waals surface area contributed by atoms with Crippen molar-refractivity contribution in [1.29, 1.82) is 0 Å². The summed E-state index contributed by atoms with van der Waals surface area (Å²) in [6.07, 6.45) is 2.43. The van der Waals surface area contributed by atoms with Gasteiger partial charge in [-0.15, -0.1) is 0 Å². The van der Waals surface area contributed by atoms with E-state index in [9.17, 15) is 4.79 Å². The predicted octanol–water partition coefficient (Wildman–Crippen LogP) is 3.95. The summed E-state index contributed by atoms with van der Waals surface area (Å²) in [7, 11) is 1.94. The fourth-order valence-electron chi connectivity index (χ4n) is 3.86. The van der Waals surface area contributed by atoms with Crippen molar-refractivity contribution in [2.24, 2.45) is 7.05 Å². The van der Waals surface area contributed by atoms with E-state index in [1.54, 1.807) is 0 Å². The highest BCUT2D eigenvalue weighted by molar-refractivity contribution is 6.35. The number of rotatable bonds is 2. The molecule has 3 heterocycles. The first-order chi connectivity index (χ1) is 12.6. The standard InChI is InChI=1S/C19H20ClN5O/c1-23-17(12-5-6-12)10-18(22-23)21-19(26)24-7-8-25-13(11-24)9-14-15(20)3-2-4-16(14)25/h2-4,9-10,12H,5-8,11H2,1H3,(H,21,22,26). The number of hydrogen-bond donors (Lipinski definition) is 1. The van der Waals surface area contributed by atoms with Crippen LogP contribution >= 0.6 is 11.6 Å². The van der Waals surface area contributed by atoms with Crippen molar-refractivity contribution in [2.45, 2.75) is 31.8 Å². The molecule has 0 spiro atoms. The van der Waals surface area contributed by atoms with E-state index >= 15 is 0 Å². The van der Waals surface area contributed by atoms with Gasteiger partial charge in [0.25, 0.3) is 0 Å². The minimum Gasteiger partial charge on any atom is -0.341 e. The highest BCUT2D eigenvalue weighted by Crippen LogP contribution is 2.40. The molecule has 2 aliphatic rings. The highest BCUT2D eigenvalue weighted by atomic mass is 35.5. The lowest BCUT2D eigenvalue weighted by Crippen LogP contribution is -2.40. The lowest BCUT2D eigenvalue weighted by Gasteiger charge is -2.28. The number of carbonyl (C=O) groups excluding carboxylic acids is 1. The number of amides is 2. The first-order valence-electron chi connectivity index (χ1n) is 8.96. The van der Waals surface area contributed by atoms with Gasteiger partial charge in [-0.2, -0.15) is 5.10 Å². The van der Waals surface area contributed by atoms with Crippen LogP contribution in [0.5, 0.6) is 0 Å². The van der Waals surface area contributed by atoms with Crippen LogP contribution in [0.2, 0.25) is 5.02 Å². The molecule has 1 saturated carbocycles. The molecule has 1 aromatic carbocycles. The number of fused-ring (bicyclic) bond motifs is 3. The number of carbonyl (C=O) groups is 1. The summed E-state index contributed by atoms with van der Waals surface area (Å²) in [6, 6.07) is 9.93. The van der Waals surface area contributed by atoms with Crippen molar-refractivity contribution in [3.8, 4) is 0 Å². The van der Waals surface area contributed by atoms with Gasteiger partial charge in [0.2, 0.25) is 0 Å². The van der Waals surface area contributed by atoms with Crippen molar-refractivity contribution in [1.82, 2.24) is 19.2 Å². The number of nitrogens with one attached hydrogen (secondary N) is 1. The van der Waals surface area contributed by atoms with Crippen LogP contribution in [-0.4, -0.2) is 31.8 Å². The molecule has 26 heavy (non-hydrogen) atoms. The number of benzene rings is 1. The third-order valence-corrected chi connectivity index (χ3v) is 5.69. The largest absolute Gasteiger partial charge is 0.341 e.